The molecule has 0 bridgehead atoms. The number of carbonyl (C=O) groups excluding carboxylic acids is 2. The fourth-order valence-electron chi connectivity index (χ4n) is 2.60. The highest BCUT2D eigenvalue weighted by atomic mass is 16.4. The van der Waals surface area contributed by atoms with Crippen LogP contribution in [-0.4, -0.2) is 54.6 Å². The van der Waals surface area contributed by atoms with Crippen LogP contribution < -0.4 is 5.11 Å². The number of Topliss-reactive ketones (excluding diaryl/α,β-unsaturated/α-hetero) is 1. The monoisotopic (exact) mass is 313 g/mol. The van der Waals surface area contributed by atoms with E-state index in [2.05, 4.69) is 6.58 Å². The van der Waals surface area contributed by atoms with Crippen LogP contribution in [0, 0.1) is 0 Å². The number of nitrogens with zero attached hydrogens (tertiary/aromatic N) is 1. The van der Waals surface area contributed by atoms with Crippen molar-refractivity contribution in [3.05, 3.63) is 12.7 Å². The molecule has 5 nitrogen and oxygen atoms in total. The van der Waals surface area contributed by atoms with Crippen LogP contribution in [0.2, 0.25) is 0 Å². The molecule has 0 heterocycles. The van der Waals surface area contributed by atoms with Crippen LogP contribution in [0.1, 0.15) is 51.4 Å². The molecule has 0 rings (SSSR count). The molecule has 0 aromatic rings. The Morgan fingerprint density at radius 1 is 1.14 bits per heavy atom. The molecule has 0 saturated carbocycles. The highest BCUT2D eigenvalue weighted by molar-refractivity contribution is 5.90. The number of allylic oxidation sites excluding steroid dienone is 1. The molecular weight excluding hydrogens is 282 g/mol. The Balaban J connectivity index is 4.34. The zero-order chi connectivity index (χ0) is 17.2. The van der Waals surface area contributed by atoms with E-state index < -0.39 is 23.8 Å². The molecule has 0 aromatic carbocycles. The van der Waals surface area contributed by atoms with Crippen LogP contribution in [0.3, 0.4) is 0 Å². The Morgan fingerprint density at radius 3 is 2.18 bits per heavy atom. The van der Waals surface area contributed by atoms with Crippen LogP contribution in [0.15, 0.2) is 12.7 Å². The number of hydrogen-bond donors (Lipinski definition) is 1. The molecule has 1 unspecified atom stereocenters. The van der Waals surface area contributed by atoms with Crippen LogP contribution in [0.5, 0.6) is 0 Å². The van der Waals surface area contributed by atoms with Crippen molar-refractivity contribution >= 4 is 11.8 Å². The standard InChI is InChI=1S/C17H31NO4/c1-5-6-7-8-9-10-11-12-15(19)17(22,13-16(20)21)14-18(2,3)4/h5,22H,1,6-14H2,2-4H3. The van der Waals surface area contributed by atoms with Gasteiger partial charge in [0.05, 0.1) is 21.1 Å². The molecule has 0 aliphatic carbocycles. The quantitative estimate of drug-likeness (QED) is 0.313. The van der Waals surface area contributed by atoms with E-state index in [-0.39, 0.29) is 13.0 Å². The van der Waals surface area contributed by atoms with Crippen LogP contribution in [0.4, 0.5) is 0 Å². The molecule has 0 radical (unpaired) electrons. The Hall–Kier alpha value is -1.20. The van der Waals surface area contributed by atoms with Crippen molar-refractivity contribution in [3.8, 4) is 0 Å². The number of quaternary nitrogens is 1. The predicted molar refractivity (Wildman–Crippen MR) is 85.0 cm³/mol. The van der Waals surface area contributed by atoms with Gasteiger partial charge in [-0.3, -0.25) is 4.79 Å². The minimum atomic E-state index is -1.83. The smallest absolute Gasteiger partial charge is 0.177 e. The van der Waals surface area contributed by atoms with Gasteiger partial charge in [-0.25, -0.2) is 0 Å². The third-order valence-electron chi connectivity index (χ3n) is 3.50. The molecule has 0 aliphatic rings. The SMILES string of the molecule is C=CCCCCCCCC(=O)C(O)(CC(=O)[O-])C[N+](C)(C)C. The van der Waals surface area contributed by atoms with E-state index in [4.69, 9.17) is 0 Å². The number of unbranched alkanes of at least 4 members (excludes halogenated alkanes) is 5. The van der Waals surface area contributed by atoms with Crippen molar-refractivity contribution in [2.45, 2.75) is 57.0 Å². The normalized spacial score (nSPS) is 14.4. The number of likely N-dealkylation sites (N-methyl/N-ethyl adjacent to an activating group) is 1. The number of aliphatic carboxylic acids is 1. The van der Waals surface area contributed by atoms with Gasteiger partial charge in [0.15, 0.2) is 11.4 Å². The van der Waals surface area contributed by atoms with Gasteiger partial charge in [0.2, 0.25) is 0 Å². The molecule has 128 valence electrons. The lowest BCUT2D eigenvalue weighted by atomic mass is 9.89. The second-order valence-electron chi connectivity index (χ2n) is 7.05. The highest BCUT2D eigenvalue weighted by Gasteiger charge is 2.40. The van der Waals surface area contributed by atoms with Crippen molar-refractivity contribution < 1.29 is 24.3 Å². The number of rotatable bonds is 13. The summed E-state index contributed by atoms with van der Waals surface area (Å²) in [5.41, 5.74) is -1.83. The fraction of sp³-hybridized carbons (Fsp3) is 0.765. The minimum Gasteiger partial charge on any atom is -0.550 e. The van der Waals surface area contributed by atoms with E-state index in [1.165, 1.54) is 0 Å². The summed E-state index contributed by atoms with van der Waals surface area (Å²) >= 11 is 0. The minimum absolute atomic E-state index is 0.0686. The van der Waals surface area contributed by atoms with Gasteiger partial charge in [-0.05, 0) is 19.3 Å². The molecule has 22 heavy (non-hydrogen) atoms. The average molecular weight is 313 g/mol. The molecule has 1 N–H and O–H groups in total. The zero-order valence-electron chi connectivity index (χ0n) is 14.3. The first-order chi connectivity index (χ1) is 10.1. The van der Waals surface area contributed by atoms with Crippen molar-refractivity contribution in [3.63, 3.8) is 0 Å². The zero-order valence-corrected chi connectivity index (χ0v) is 14.3. The Labute approximate surface area is 134 Å². The third kappa shape index (κ3) is 9.68. The summed E-state index contributed by atoms with van der Waals surface area (Å²) in [6.45, 7) is 3.74. The molecule has 0 spiro atoms. The molecule has 0 fully saturated rings. The number of hydrogen-bond acceptors (Lipinski definition) is 4. The molecule has 0 amide bonds. The van der Waals surface area contributed by atoms with Gasteiger partial charge < -0.3 is 19.5 Å². The number of aliphatic hydroxyl groups is 1. The van der Waals surface area contributed by atoms with Crippen LogP contribution in [0.25, 0.3) is 0 Å². The summed E-state index contributed by atoms with van der Waals surface area (Å²) in [4.78, 5) is 23.1. The third-order valence-corrected chi connectivity index (χ3v) is 3.50. The predicted octanol–water partition coefficient (Wildman–Crippen LogP) is 1.05. The van der Waals surface area contributed by atoms with E-state index in [9.17, 15) is 19.8 Å². The summed E-state index contributed by atoms with van der Waals surface area (Å²) in [5.74, 6) is -1.79. The van der Waals surface area contributed by atoms with Gasteiger partial charge >= 0.3 is 0 Å². The second kappa shape index (κ2) is 9.74. The number of ketones is 1. The average Bonchev–Trinajstić information content (AvgIpc) is 2.34. The lowest BCUT2D eigenvalue weighted by Gasteiger charge is -2.34. The summed E-state index contributed by atoms with van der Waals surface area (Å²) < 4.78 is 0.317. The van der Waals surface area contributed by atoms with Crippen molar-refractivity contribution in [1.29, 1.82) is 0 Å². The van der Waals surface area contributed by atoms with E-state index in [1.807, 2.05) is 27.2 Å². The van der Waals surface area contributed by atoms with Gasteiger partial charge in [0.25, 0.3) is 0 Å². The van der Waals surface area contributed by atoms with Gasteiger partial charge in [-0.15, -0.1) is 6.58 Å². The molecule has 0 aromatic heterocycles. The van der Waals surface area contributed by atoms with E-state index in [0.717, 1.165) is 32.1 Å². The molecule has 0 saturated heterocycles. The molecular formula is C17H31NO4. The largest absolute Gasteiger partial charge is 0.550 e. The fourth-order valence-corrected chi connectivity index (χ4v) is 2.60. The Morgan fingerprint density at radius 2 is 1.68 bits per heavy atom. The summed E-state index contributed by atoms with van der Waals surface area (Å²) in [6.07, 6.45) is 7.31. The van der Waals surface area contributed by atoms with Crippen molar-refractivity contribution in [1.82, 2.24) is 0 Å². The van der Waals surface area contributed by atoms with E-state index in [1.54, 1.807) is 0 Å². The first-order valence-electron chi connectivity index (χ1n) is 7.97. The molecule has 1 atom stereocenters. The first-order valence-corrected chi connectivity index (χ1v) is 7.97. The first kappa shape index (κ1) is 20.8. The van der Waals surface area contributed by atoms with Crippen LogP contribution >= 0.6 is 0 Å². The maximum Gasteiger partial charge on any atom is 0.177 e. The van der Waals surface area contributed by atoms with Crippen molar-refractivity contribution in [2.75, 3.05) is 27.7 Å². The maximum absolute atomic E-state index is 12.2. The topological polar surface area (TPSA) is 77.4 Å². The van der Waals surface area contributed by atoms with Gasteiger partial charge in [-0.1, -0.05) is 25.3 Å². The molecule has 0 aliphatic heterocycles. The highest BCUT2D eigenvalue weighted by Crippen LogP contribution is 2.19. The maximum atomic E-state index is 12.2. The van der Waals surface area contributed by atoms with Gasteiger partial charge in [0, 0.05) is 18.8 Å². The number of carbonyl (C=O) groups is 2. The number of carboxylic acids is 1. The van der Waals surface area contributed by atoms with E-state index >= 15 is 0 Å². The Kier molecular flexibility index (Phi) is 9.21. The van der Waals surface area contributed by atoms with E-state index in [0.29, 0.717) is 10.9 Å². The van der Waals surface area contributed by atoms with Crippen molar-refractivity contribution in [2.24, 2.45) is 0 Å². The summed E-state index contributed by atoms with van der Waals surface area (Å²) in [5, 5.41) is 21.3. The summed E-state index contributed by atoms with van der Waals surface area (Å²) in [7, 11) is 5.44. The lowest BCUT2D eigenvalue weighted by molar-refractivity contribution is -0.875. The summed E-state index contributed by atoms with van der Waals surface area (Å²) in [6, 6.07) is 0. The molecule has 5 heteroatoms. The second-order valence-corrected chi connectivity index (χ2v) is 7.05. The number of carboxylic acid groups (broad SMARTS) is 1. The van der Waals surface area contributed by atoms with Gasteiger partial charge in [0.1, 0.15) is 6.54 Å². The Bertz CT molecular complexity index is 373. The van der Waals surface area contributed by atoms with Gasteiger partial charge in [-0.2, -0.15) is 0 Å². The van der Waals surface area contributed by atoms with Crippen LogP contribution in [-0.2, 0) is 9.59 Å². The lowest BCUT2D eigenvalue weighted by Crippen LogP contribution is -2.56.